The maximum atomic E-state index is 5.13. The third kappa shape index (κ3) is 9.62. The van der Waals surface area contributed by atoms with Crippen LogP contribution in [0.1, 0.15) is 76.7 Å². The lowest BCUT2D eigenvalue weighted by Gasteiger charge is -2.02. The molecule has 0 radical (unpaired) electrons. The second-order valence-electron chi connectivity index (χ2n) is 6.06. The van der Waals surface area contributed by atoms with Crippen LogP contribution in [-0.4, -0.2) is 7.11 Å². The number of hydrogen-bond donors (Lipinski definition) is 0. The fourth-order valence-corrected chi connectivity index (χ4v) is 2.68. The van der Waals surface area contributed by atoms with Crippen LogP contribution in [0.5, 0.6) is 0 Å². The summed E-state index contributed by atoms with van der Waals surface area (Å²) in [5.74, 6) is 0. The van der Waals surface area contributed by atoms with Crippen molar-refractivity contribution < 1.29 is 9.30 Å². The molecule has 0 N–H and O–H groups in total. The fraction of sp³-hybridized carbons (Fsp3) is 0.737. The highest BCUT2D eigenvalue weighted by molar-refractivity contribution is 5.05. The van der Waals surface area contributed by atoms with Crippen molar-refractivity contribution in [3.8, 4) is 0 Å². The first-order valence-corrected chi connectivity index (χ1v) is 8.83. The minimum atomic E-state index is 0.707. The van der Waals surface area contributed by atoms with E-state index in [1.165, 1.54) is 69.8 Å². The highest BCUT2D eigenvalue weighted by atomic mass is 16.5. The molecular weight excluding hydrogens is 258 g/mol. The Bertz CT molecular complexity index is 334. The zero-order valence-electron chi connectivity index (χ0n) is 14.2. The van der Waals surface area contributed by atoms with Gasteiger partial charge in [0.2, 0.25) is 0 Å². The molecule has 21 heavy (non-hydrogen) atoms. The van der Waals surface area contributed by atoms with Gasteiger partial charge in [0.25, 0.3) is 0 Å². The molecule has 1 aromatic rings. The van der Waals surface area contributed by atoms with Crippen LogP contribution in [0.15, 0.2) is 24.5 Å². The molecule has 0 bridgehead atoms. The normalized spacial score (nSPS) is 11.0. The maximum absolute atomic E-state index is 5.13. The molecule has 1 heterocycles. The molecule has 0 spiro atoms. The van der Waals surface area contributed by atoms with E-state index in [1.807, 2.05) is 0 Å². The summed E-state index contributed by atoms with van der Waals surface area (Å²) < 4.78 is 7.41. The van der Waals surface area contributed by atoms with Gasteiger partial charge in [-0.1, -0.05) is 58.3 Å². The van der Waals surface area contributed by atoms with Crippen molar-refractivity contribution in [1.82, 2.24) is 0 Å². The molecule has 1 aromatic heterocycles. The number of aryl methyl sites for hydroxylation is 1. The van der Waals surface area contributed by atoms with Gasteiger partial charge in [-0.15, -0.1) is 0 Å². The van der Waals surface area contributed by atoms with Gasteiger partial charge in [0.15, 0.2) is 12.4 Å². The van der Waals surface area contributed by atoms with Gasteiger partial charge in [-0.2, -0.15) is 0 Å². The summed E-state index contributed by atoms with van der Waals surface area (Å²) in [5, 5.41) is 0. The van der Waals surface area contributed by atoms with Gasteiger partial charge in [-0.3, -0.25) is 0 Å². The zero-order valence-corrected chi connectivity index (χ0v) is 14.2. The Balaban J connectivity index is 1.94. The van der Waals surface area contributed by atoms with Gasteiger partial charge in [0, 0.05) is 25.7 Å². The third-order valence-corrected chi connectivity index (χ3v) is 4.04. The molecule has 0 atom stereocenters. The van der Waals surface area contributed by atoms with Gasteiger partial charge in [-0.25, -0.2) is 4.57 Å². The average molecular weight is 292 g/mol. The highest BCUT2D eigenvalue weighted by Gasteiger charge is 2.01. The summed E-state index contributed by atoms with van der Waals surface area (Å²) >= 11 is 0. The quantitative estimate of drug-likeness (QED) is 0.366. The predicted octanol–water partition coefficient (Wildman–Crippen LogP) is 5.04. The number of aromatic nitrogens is 1. The molecule has 2 nitrogen and oxygen atoms in total. The Hall–Kier alpha value is -0.890. The van der Waals surface area contributed by atoms with Gasteiger partial charge in [0.05, 0.1) is 6.61 Å². The predicted molar refractivity (Wildman–Crippen MR) is 89.2 cm³/mol. The number of nitrogens with zero attached hydrogens (tertiary/aromatic N) is 1. The summed E-state index contributed by atoms with van der Waals surface area (Å²) in [6.45, 7) is 4.13. The van der Waals surface area contributed by atoms with Gasteiger partial charge in [0.1, 0.15) is 6.54 Å². The van der Waals surface area contributed by atoms with Crippen molar-refractivity contribution in [3.05, 3.63) is 30.1 Å². The maximum Gasteiger partial charge on any atom is 0.169 e. The van der Waals surface area contributed by atoms with Crippen molar-refractivity contribution in [1.29, 1.82) is 0 Å². The molecule has 0 unspecified atom stereocenters. The molecule has 0 amide bonds. The van der Waals surface area contributed by atoms with Gasteiger partial charge >= 0.3 is 0 Å². The molecule has 0 aromatic carbocycles. The fourth-order valence-electron chi connectivity index (χ4n) is 2.68. The average Bonchev–Trinajstić information content (AvgIpc) is 2.51. The molecule has 0 saturated carbocycles. The van der Waals surface area contributed by atoms with Crippen LogP contribution in [-0.2, 0) is 17.9 Å². The first-order valence-electron chi connectivity index (χ1n) is 8.83. The first kappa shape index (κ1) is 18.2. The van der Waals surface area contributed by atoms with E-state index < -0.39 is 0 Å². The lowest BCUT2D eigenvalue weighted by atomic mass is 10.1. The van der Waals surface area contributed by atoms with Crippen LogP contribution in [0.3, 0.4) is 0 Å². The number of hydrogen-bond acceptors (Lipinski definition) is 1. The van der Waals surface area contributed by atoms with E-state index >= 15 is 0 Å². The monoisotopic (exact) mass is 292 g/mol. The summed E-state index contributed by atoms with van der Waals surface area (Å²) in [7, 11) is 1.74. The van der Waals surface area contributed by atoms with E-state index in [1.54, 1.807) is 7.11 Å². The number of methoxy groups -OCH3 is 1. The lowest BCUT2D eigenvalue weighted by Crippen LogP contribution is -2.32. The second kappa shape index (κ2) is 12.8. The van der Waals surface area contributed by atoms with E-state index in [0.29, 0.717) is 6.61 Å². The van der Waals surface area contributed by atoms with E-state index in [2.05, 4.69) is 36.0 Å². The summed E-state index contributed by atoms with van der Waals surface area (Å²) in [4.78, 5) is 0. The van der Waals surface area contributed by atoms with E-state index in [0.717, 1.165) is 6.54 Å². The molecule has 0 aliphatic carbocycles. The third-order valence-electron chi connectivity index (χ3n) is 4.04. The second-order valence-corrected chi connectivity index (χ2v) is 6.06. The summed E-state index contributed by atoms with van der Waals surface area (Å²) in [5.41, 5.74) is 1.25. The first-order chi connectivity index (χ1) is 10.4. The Kier molecular flexibility index (Phi) is 11.1. The molecule has 120 valence electrons. The molecule has 0 aliphatic heterocycles. The Morgan fingerprint density at radius 2 is 1.33 bits per heavy atom. The summed E-state index contributed by atoms with van der Waals surface area (Å²) in [6.07, 6.45) is 18.3. The van der Waals surface area contributed by atoms with Crippen LogP contribution >= 0.6 is 0 Å². The summed E-state index contributed by atoms with van der Waals surface area (Å²) in [6, 6.07) is 4.31. The van der Waals surface area contributed by atoms with E-state index in [4.69, 9.17) is 4.74 Å². The molecule has 0 saturated heterocycles. The van der Waals surface area contributed by atoms with Crippen LogP contribution in [0.4, 0.5) is 0 Å². The number of ether oxygens (including phenoxy) is 1. The Morgan fingerprint density at radius 3 is 1.86 bits per heavy atom. The largest absolute Gasteiger partial charge is 0.380 e. The smallest absolute Gasteiger partial charge is 0.169 e. The van der Waals surface area contributed by atoms with Crippen molar-refractivity contribution >= 4 is 0 Å². The van der Waals surface area contributed by atoms with Gasteiger partial charge in [-0.05, 0) is 12.0 Å². The van der Waals surface area contributed by atoms with Crippen LogP contribution < -0.4 is 4.57 Å². The molecule has 1 rings (SSSR count). The minimum absolute atomic E-state index is 0.707. The van der Waals surface area contributed by atoms with E-state index in [-0.39, 0.29) is 0 Å². The molecule has 0 fully saturated rings. The van der Waals surface area contributed by atoms with Crippen LogP contribution in [0.25, 0.3) is 0 Å². The standard InChI is InChI=1S/C19H34NO/c1-3-4-5-6-7-8-9-10-11-12-15-20-16-13-19(14-17-20)18-21-2/h13-14,16-17H,3-12,15,18H2,1-2H3/q+1. The van der Waals surface area contributed by atoms with Crippen LogP contribution in [0, 0.1) is 0 Å². The minimum Gasteiger partial charge on any atom is -0.380 e. The van der Waals surface area contributed by atoms with Crippen LogP contribution in [0.2, 0.25) is 0 Å². The van der Waals surface area contributed by atoms with Gasteiger partial charge < -0.3 is 4.74 Å². The Morgan fingerprint density at radius 1 is 0.810 bits per heavy atom. The lowest BCUT2D eigenvalue weighted by molar-refractivity contribution is -0.697. The number of pyridine rings is 1. The topological polar surface area (TPSA) is 13.1 Å². The molecule has 0 aliphatic rings. The molecule has 2 heteroatoms. The van der Waals surface area contributed by atoms with E-state index in [9.17, 15) is 0 Å². The Labute approximate surface area is 131 Å². The highest BCUT2D eigenvalue weighted by Crippen LogP contribution is 2.10. The molecular formula is C19H34NO+. The number of unbranched alkanes of at least 4 members (excludes halogenated alkanes) is 9. The van der Waals surface area contributed by atoms with Crippen molar-refractivity contribution in [2.75, 3.05) is 7.11 Å². The SMILES string of the molecule is CCCCCCCCCCCC[n+]1ccc(COC)cc1. The van der Waals surface area contributed by atoms with Crippen molar-refractivity contribution in [2.45, 2.75) is 84.3 Å². The van der Waals surface area contributed by atoms with Crippen molar-refractivity contribution in [2.24, 2.45) is 0 Å². The zero-order chi connectivity index (χ0) is 15.2. The number of rotatable bonds is 13. The van der Waals surface area contributed by atoms with Crippen molar-refractivity contribution in [3.63, 3.8) is 0 Å².